The van der Waals surface area contributed by atoms with E-state index < -0.39 is 0 Å². The number of H-pyrrole nitrogens is 1. The average Bonchev–Trinajstić information content (AvgIpc) is 3.12. The highest BCUT2D eigenvalue weighted by Crippen LogP contribution is 2.12. The Morgan fingerprint density at radius 1 is 1.05 bits per heavy atom. The van der Waals surface area contributed by atoms with Crippen molar-refractivity contribution in [3.63, 3.8) is 0 Å². The maximum absolute atomic E-state index is 11.7. The molecule has 8 nitrogen and oxygen atoms in total. The number of aromatic amines is 1. The average molecular weight is 269 g/mol. The molecular formula is C12H11N7O. The number of carbonyl (C=O) groups is 1. The smallest absolute Gasteiger partial charge is 0.308 e. The Bertz CT molecular complexity index is 673. The number of aromatic nitrogens is 5. The summed E-state index contributed by atoms with van der Waals surface area (Å²) in [5.41, 5.74) is 2.08. The largest absolute Gasteiger partial charge is 0.323 e. The number of urea groups is 1. The molecule has 3 aromatic rings. The zero-order chi connectivity index (χ0) is 13.8. The molecule has 0 aliphatic rings. The summed E-state index contributed by atoms with van der Waals surface area (Å²) in [6.45, 7) is 0. The number of amides is 2. The first-order valence-electron chi connectivity index (χ1n) is 5.85. The topological polar surface area (TPSA) is 101 Å². The first kappa shape index (κ1) is 11.9. The van der Waals surface area contributed by atoms with Gasteiger partial charge in [0, 0.05) is 11.9 Å². The third kappa shape index (κ3) is 2.64. The van der Waals surface area contributed by atoms with Crippen LogP contribution in [0.25, 0.3) is 5.69 Å². The molecule has 0 radical (unpaired) electrons. The van der Waals surface area contributed by atoms with Gasteiger partial charge in [0.25, 0.3) is 0 Å². The molecule has 0 unspecified atom stereocenters. The van der Waals surface area contributed by atoms with Crippen molar-refractivity contribution in [2.24, 2.45) is 0 Å². The summed E-state index contributed by atoms with van der Waals surface area (Å²) in [4.78, 5) is 13.2. The molecule has 3 rings (SSSR count). The molecule has 0 saturated heterocycles. The Hall–Kier alpha value is -3.16. The van der Waals surface area contributed by atoms with E-state index in [2.05, 4.69) is 31.0 Å². The van der Waals surface area contributed by atoms with Crippen LogP contribution in [0.15, 0.2) is 49.1 Å². The van der Waals surface area contributed by atoms with Gasteiger partial charge in [0.05, 0.1) is 30.0 Å². The van der Waals surface area contributed by atoms with Crippen molar-refractivity contribution in [1.82, 2.24) is 25.2 Å². The van der Waals surface area contributed by atoms with Crippen LogP contribution < -0.4 is 10.6 Å². The third-order valence-corrected chi connectivity index (χ3v) is 2.53. The fraction of sp³-hybridized carbons (Fsp3) is 0. The van der Waals surface area contributed by atoms with E-state index in [9.17, 15) is 4.79 Å². The normalized spacial score (nSPS) is 10.2. The third-order valence-electron chi connectivity index (χ3n) is 2.53. The number of hydrogen-bond donors (Lipinski definition) is 3. The molecular weight excluding hydrogens is 258 g/mol. The van der Waals surface area contributed by atoms with Crippen LogP contribution in [0.5, 0.6) is 0 Å². The van der Waals surface area contributed by atoms with Crippen molar-refractivity contribution >= 4 is 17.4 Å². The summed E-state index contributed by atoms with van der Waals surface area (Å²) >= 11 is 0. The summed E-state index contributed by atoms with van der Waals surface area (Å²) in [5.74, 6) is 0. The minimum atomic E-state index is -0.337. The van der Waals surface area contributed by atoms with Crippen molar-refractivity contribution < 1.29 is 4.79 Å². The molecule has 0 saturated carbocycles. The molecule has 0 spiro atoms. The predicted octanol–water partition coefficient (Wildman–Crippen LogP) is 1.63. The van der Waals surface area contributed by atoms with Crippen molar-refractivity contribution in [1.29, 1.82) is 0 Å². The lowest BCUT2D eigenvalue weighted by molar-refractivity contribution is 0.262. The van der Waals surface area contributed by atoms with Crippen molar-refractivity contribution in [3.05, 3.63) is 49.1 Å². The fourth-order valence-corrected chi connectivity index (χ4v) is 1.64. The van der Waals surface area contributed by atoms with Crippen LogP contribution in [0.2, 0.25) is 0 Å². The fourth-order valence-electron chi connectivity index (χ4n) is 1.64. The van der Waals surface area contributed by atoms with Gasteiger partial charge in [0.2, 0.25) is 0 Å². The van der Waals surface area contributed by atoms with Gasteiger partial charge in [-0.05, 0) is 24.3 Å². The van der Waals surface area contributed by atoms with Gasteiger partial charge in [-0.25, -0.2) is 4.79 Å². The highest BCUT2D eigenvalue weighted by atomic mass is 16.2. The van der Waals surface area contributed by atoms with Gasteiger partial charge < -0.3 is 10.6 Å². The number of hydrogen-bond acceptors (Lipinski definition) is 4. The molecule has 2 aromatic heterocycles. The number of nitrogens with one attached hydrogen (secondary N) is 3. The van der Waals surface area contributed by atoms with Crippen LogP contribution in [-0.4, -0.2) is 31.2 Å². The van der Waals surface area contributed by atoms with E-state index in [0.29, 0.717) is 11.4 Å². The number of nitrogens with zero attached hydrogens (tertiary/aromatic N) is 4. The Kier molecular flexibility index (Phi) is 3.11. The minimum absolute atomic E-state index is 0.337. The summed E-state index contributed by atoms with van der Waals surface area (Å²) in [6.07, 6.45) is 6.31. The minimum Gasteiger partial charge on any atom is -0.308 e. The number of benzene rings is 1. The monoisotopic (exact) mass is 269 g/mol. The van der Waals surface area contributed by atoms with Crippen LogP contribution in [0.4, 0.5) is 16.2 Å². The number of anilines is 2. The van der Waals surface area contributed by atoms with Gasteiger partial charge in [0.15, 0.2) is 0 Å². The van der Waals surface area contributed by atoms with Crippen LogP contribution >= 0.6 is 0 Å². The van der Waals surface area contributed by atoms with Crippen molar-refractivity contribution in [3.8, 4) is 5.69 Å². The van der Waals surface area contributed by atoms with E-state index in [1.54, 1.807) is 30.7 Å². The van der Waals surface area contributed by atoms with Crippen LogP contribution in [0.1, 0.15) is 0 Å². The zero-order valence-corrected chi connectivity index (χ0v) is 10.3. The molecule has 2 heterocycles. The van der Waals surface area contributed by atoms with E-state index in [0.717, 1.165) is 5.69 Å². The lowest BCUT2D eigenvalue weighted by atomic mass is 10.3. The first-order valence-corrected chi connectivity index (χ1v) is 5.85. The lowest BCUT2D eigenvalue weighted by Gasteiger charge is -2.06. The molecule has 100 valence electrons. The quantitative estimate of drug-likeness (QED) is 0.672. The summed E-state index contributed by atoms with van der Waals surface area (Å²) in [6, 6.07) is 6.83. The van der Waals surface area contributed by atoms with Gasteiger partial charge in [0.1, 0.15) is 0 Å². The van der Waals surface area contributed by atoms with Crippen molar-refractivity contribution in [2.45, 2.75) is 0 Å². The molecule has 0 bridgehead atoms. The van der Waals surface area contributed by atoms with Gasteiger partial charge in [-0.15, -0.1) is 0 Å². The van der Waals surface area contributed by atoms with E-state index in [4.69, 9.17) is 0 Å². The van der Waals surface area contributed by atoms with E-state index >= 15 is 0 Å². The number of rotatable bonds is 3. The molecule has 0 aliphatic carbocycles. The highest BCUT2D eigenvalue weighted by Gasteiger charge is 2.04. The molecule has 20 heavy (non-hydrogen) atoms. The zero-order valence-electron chi connectivity index (χ0n) is 10.3. The van der Waals surface area contributed by atoms with Crippen LogP contribution in [0, 0.1) is 0 Å². The molecule has 3 N–H and O–H groups in total. The van der Waals surface area contributed by atoms with Crippen LogP contribution in [0.3, 0.4) is 0 Å². The Balaban J connectivity index is 1.65. The second-order valence-corrected chi connectivity index (χ2v) is 3.93. The maximum Gasteiger partial charge on any atom is 0.323 e. The van der Waals surface area contributed by atoms with Crippen molar-refractivity contribution in [2.75, 3.05) is 10.6 Å². The SMILES string of the molecule is O=C(Nc1ccc(-n2nccn2)cc1)Nc1cn[nH]c1. The Morgan fingerprint density at radius 3 is 2.40 bits per heavy atom. The molecule has 0 aliphatic heterocycles. The lowest BCUT2D eigenvalue weighted by Crippen LogP contribution is -2.19. The number of carbonyl (C=O) groups excluding carboxylic acids is 1. The standard InChI is InChI=1S/C12H11N7O/c20-12(18-10-7-13-14-8-10)17-9-1-3-11(4-2-9)19-15-5-6-16-19/h1-8H,(H,13,14)(H2,17,18,20). The molecule has 1 aromatic carbocycles. The van der Waals surface area contributed by atoms with E-state index in [1.165, 1.54) is 11.0 Å². The molecule has 0 atom stereocenters. The first-order chi connectivity index (χ1) is 9.81. The predicted molar refractivity (Wildman–Crippen MR) is 72.6 cm³/mol. The summed E-state index contributed by atoms with van der Waals surface area (Å²) in [5, 5.41) is 19.7. The second-order valence-electron chi connectivity index (χ2n) is 3.93. The second kappa shape index (κ2) is 5.22. The maximum atomic E-state index is 11.7. The summed E-state index contributed by atoms with van der Waals surface area (Å²) < 4.78 is 0. The van der Waals surface area contributed by atoms with Gasteiger partial charge >= 0.3 is 6.03 Å². The van der Waals surface area contributed by atoms with Gasteiger partial charge in [-0.3, -0.25) is 5.10 Å². The summed E-state index contributed by atoms with van der Waals surface area (Å²) in [7, 11) is 0. The van der Waals surface area contributed by atoms with E-state index in [1.807, 2.05) is 12.1 Å². The molecule has 2 amide bonds. The van der Waals surface area contributed by atoms with Crippen LogP contribution in [-0.2, 0) is 0 Å². The highest BCUT2D eigenvalue weighted by molar-refractivity contribution is 5.99. The Labute approximate surface area is 113 Å². The molecule has 8 heteroatoms. The Morgan fingerprint density at radius 2 is 1.75 bits per heavy atom. The van der Waals surface area contributed by atoms with E-state index in [-0.39, 0.29) is 6.03 Å². The van der Waals surface area contributed by atoms with Gasteiger partial charge in [-0.1, -0.05) is 0 Å². The molecule has 0 fully saturated rings. The van der Waals surface area contributed by atoms with Gasteiger partial charge in [-0.2, -0.15) is 20.1 Å².